The fourth-order valence-corrected chi connectivity index (χ4v) is 4.31. The van der Waals surface area contributed by atoms with Crippen LogP contribution in [0.5, 0.6) is 0 Å². The number of carbonyl (C=O) groups excluding carboxylic acids is 1. The Morgan fingerprint density at radius 1 is 0.939 bits per heavy atom. The van der Waals surface area contributed by atoms with Crippen molar-refractivity contribution in [3.8, 4) is 0 Å². The average Bonchev–Trinajstić information content (AvgIpc) is 2.77. The molecule has 172 valence electrons. The molecular formula is C25H26BrN3O3S. The monoisotopic (exact) mass is 527 g/mol. The summed E-state index contributed by atoms with van der Waals surface area (Å²) < 4.78 is 27.2. The number of halogens is 1. The van der Waals surface area contributed by atoms with E-state index in [1.54, 1.807) is 30.3 Å². The van der Waals surface area contributed by atoms with Gasteiger partial charge in [0.25, 0.3) is 5.91 Å². The molecule has 0 aliphatic carbocycles. The fourth-order valence-electron chi connectivity index (χ4n) is 3.16. The van der Waals surface area contributed by atoms with Crippen molar-refractivity contribution in [2.45, 2.75) is 27.3 Å². The number of amides is 1. The van der Waals surface area contributed by atoms with E-state index in [1.807, 2.05) is 57.2 Å². The van der Waals surface area contributed by atoms with Crippen LogP contribution in [0, 0.1) is 13.8 Å². The van der Waals surface area contributed by atoms with Gasteiger partial charge in [-0.05, 0) is 79.4 Å². The first-order valence-electron chi connectivity index (χ1n) is 10.3. The van der Waals surface area contributed by atoms with E-state index < -0.39 is 10.0 Å². The molecule has 0 fully saturated rings. The SMILES string of the molecule is C/C(=N/NC(=O)c1ccc(CN(c2ccc(C)c(C)c2)S(C)(=O)=O)cc1)c1ccc(Br)cc1. The average molecular weight is 528 g/mol. The fraction of sp³-hybridized carbons (Fsp3) is 0.200. The van der Waals surface area contributed by atoms with Crippen LogP contribution in [0.1, 0.15) is 39.5 Å². The molecule has 3 aromatic carbocycles. The van der Waals surface area contributed by atoms with Gasteiger partial charge in [-0.2, -0.15) is 5.10 Å². The summed E-state index contributed by atoms with van der Waals surface area (Å²) in [6.45, 7) is 5.93. The van der Waals surface area contributed by atoms with E-state index >= 15 is 0 Å². The Bertz CT molecular complexity index is 1290. The standard InChI is InChI=1S/C25H26BrN3O3S/c1-17-5-14-24(15-18(17)2)29(33(4,31)32)16-20-6-8-22(9-7-20)25(30)28-27-19(3)21-10-12-23(26)13-11-21/h5-15H,16H2,1-4H3,(H,28,30)/b27-19-. The summed E-state index contributed by atoms with van der Waals surface area (Å²) in [5.41, 5.74) is 8.08. The summed E-state index contributed by atoms with van der Waals surface area (Å²) >= 11 is 3.39. The van der Waals surface area contributed by atoms with Gasteiger partial charge in [0.2, 0.25) is 10.0 Å². The summed E-state index contributed by atoms with van der Waals surface area (Å²) in [6, 6.07) is 20.0. The van der Waals surface area contributed by atoms with Crippen molar-refractivity contribution in [1.29, 1.82) is 0 Å². The van der Waals surface area contributed by atoms with Crippen molar-refractivity contribution in [2.24, 2.45) is 5.10 Å². The third kappa shape index (κ3) is 6.52. The zero-order chi connectivity index (χ0) is 24.2. The highest BCUT2D eigenvalue weighted by Gasteiger charge is 2.18. The quantitative estimate of drug-likeness (QED) is 0.339. The molecule has 0 aromatic heterocycles. The molecule has 6 nitrogen and oxygen atoms in total. The summed E-state index contributed by atoms with van der Waals surface area (Å²) in [6.07, 6.45) is 1.19. The first kappa shape index (κ1) is 24.7. The van der Waals surface area contributed by atoms with Gasteiger partial charge in [0.15, 0.2) is 0 Å². The Hall–Kier alpha value is -2.97. The van der Waals surface area contributed by atoms with Crippen molar-refractivity contribution in [2.75, 3.05) is 10.6 Å². The topological polar surface area (TPSA) is 78.8 Å². The number of nitrogens with one attached hydrogen (secondary N) is 1. The number of anilines is 1. The van der Waals surface area contributed by atoms with Crippen LogP contribution in [-0.4, -0.2) is 26.3 Å². The van der Waals surface area contributed by atoms with E-state index in [1.165, 1.54) is 10.6 Å². The van der Waals surface area contributed by atoms with Gasteiger partial charge in [-0.25, -0.2) is 13.8 Å². The largest absolute Gasteiger partial charge is 0.271 e. The molecule has 33 heavy (non-hydrogen) atoms. The van der Waals surface area contributed by atoms with Crippen molar-refractivity contribution >= 4 is 43.3 Å². The molecule has 0 saturated heterocycles. The summed E-state index contributed by atoms with van der Waals surface area (Å²) in [4.78, 5) is 12.5. The van der Waals surface area contributed by atoms with Crippen molar-refractivity contribution < 1.29 is 13.2 Å². The number of aryl methyl sites for hydroxylation is 2. The Balaban J connectivity index is 1.72. The maximum absolute atomic E-state index is 12.5. The number of carbonyl (C=O) groups is 1. The molecule has 0 bridgehead atoms. The number of rotatable bonds is 7. The first-order valence-corrected chi connectivity index (χ1v) is 12.9. The minimum absolute atomic E-state index is 0.171. The van der Waals surface area contributed by atoms with E-state index in [0.717, 1.165) is 26.7 Å². The lowest BCUT2D eigenvalue weighted by Gasteiger charge is -2.23. The Labute approximate surface area is 203 Å². The summed E-state index contributed by atoms with van der Waals surface area (Å²) in [5, 5.41) is 4.17. The van der Waals surface area contributed by atoms with Crippen LogP contribution in [0.15, 0.2) is 76.3 Å². The van der Waals surface area contributed by atoms with Crippen molar-refractivity contribution in [1.82, 2.24) is 5.43 Å². The van der Waals surface area contributed by atoms with Gasteiger partial charge in [0, 0.05) is 10.0 Å². The maximum Gasteiger partial charge on any atom is 0.271 e. The molecule has 1 N–H and O–H groups in total. The van der Waals surface area contributed by atoms with Crippen LogP contribution in [0.4, 0.5) is 5.69 Å². The second-order valence-corrected chi connectivity index (χ2v) is 10.7. The highest BCUT2D eigenvalue weighted by Crippen LogP contribution is 2.23. The zero-order valence-corrected chi connectivity index (χ0v) is 21.4. The Morgan fingerprint density at radius 3 is 2.12 bits per heavy atom. The Kier molecular flexibility index (Phi) is 7.71. The summed E-state index contributed by atoms with van der Waals surface area (Å²) in [7, 11) is -3.49. The molecule has 3 aromatic rings. The molecule has 0 aliphatic rings. The van der Waals surface area contributed by atoms with Crippen LogP contribution >= 0.6 is 15.9 Å². The number of hydrogen-bond acceptors (Lipinski definition) is 4. The highest BCUT2D eigenvalue weighted by atomic mass is 79.9. The van der Waals surface area contributed by atoms with Gasteiger partial charge in [-0.3, -0.25) is 9.10 Å². The van der Waals surface area contributed by atoms with Crippen molar-refractivity contribution in [3.63, 3.8) is 0 Å². The molecular weight excluding hydrogens is 502 g/mol. The Morgan fingerprint density at radius 2 is 1.55 bits per heavy atom. The second kappa shape index (κ2) is 10.3. The smallest absolute Gasteiger partial charge is 0.267 e. The molecule has 0 saturated carbocycles. The molecule has 0 aliphatic heterocycles. The summed E-state index contributed by atoms with van der Waals surface area (Å²) in [5.74, 6) is -0.341. The van der Waals surface area contributed by atoms with E-state index in [-0.39, 0.29) is 12.5 Å². The molecule has 0 heterocycles. The van der Waals surface area contributed by atoms with E-state index in [4.69, 9.17) is 0 Å². The van der Waals surface area contributed by atoms with Gasteiger partial charge in [-0.15, -0.1) is 0 Å². The van der Waals surface area contributed by atoms with Gasteiger partial charge in [0.1, 0.15) is 0 Å². The zero-order valence-electron chi connectivity index (χ0n) is 19.0. The lowest BCUT2D eigenvalue weighted by molar-refractivity contribution is 0.0955. The number of sulfonamides is 1. The molecule has 3 rings (SSSR count). The van der Waals surface area contributed by atoms with E-state index in [2.05, 4.69) is 26.5 Å². The van der Waals surface area contributed by atoms with Crippen molar-refractivity contribution in [3.05, 3.63) is 99.0 Å². The van der Waals surface area contributed by atoms with Crippen LogP contribution in [0.25, 0.3) is 0 Å². The minimum atomic E-state index is -3.49. The van der Waals surface area contributed by atoms with E-state index in [0.29, 0.717) is 17.0 Å². The molecule has 0 unspecified atom stereocenters. The molecule has 1 amide bonds. The number of hydrogen-bond donors (Lipinski definition) is 1. The molecule has 0 spiro atoms. The first-order chi connectivity index (χ1) is 15.5. The van der Waals surface area contributed by atoms with Gasteiger partial charge >= 0.3 is 0 Å². The van der Waals surface area contributed by atoms with Gasteiger partial charge < -0.3 is 0 Å². The van der Waals surface area contributed by atoms with E-state index in [9.17, 15) is 13.2 Å². The third-order valence-electron chi connectivity index (χ3n) is 5.31. The highest BCUT2D eigenvalue weighted by molar-refractivity contribution is 9.10. The number of benzene rings is 3. The van der Waals surface area contributed by atoms with Crippen LogP contribution in [0.3, 0.4) is 0 Å². The maximum atomic E-state index is 12.5. The third-order valence-corrected chi connectivity index (χ3v) is 6.98. The van der Waals surface area contributed by atoms with Crippen LogP contribution in [0.2, 0.25) is 0 Å². The van der Waals surface area contributed by atoms with Crippen LogP contribution in [-0.2, 0) is 16.6 Å². The lowest BCUT2D eigenvalue weighted by atomic mass is 10.1. The number of hydrazone groups is 1. The lowest BCUT2D eigenvalue weighted by Crippen LogP contribution is -2.29. The molecule has 0 radical (unpaired) electrons. The predicted molar refractivity (Wildman–Crippen MR) is 137 cm³/mol. The molecule has 0 atom stereocenters. The predicted octanol–water partition coefficient (Wildman–Crippen LogP) is 5.19. The minimum Gasteiger partial charge on any atom is -0.267 e. The van der Waals surface area contributed by atoms with Gasteiger partial charge in [-0.1, -0.05) is 46.3 Å². The van der Waals surface area contributed by atoms with Gasteiger partial charge in [0.05, 0.1) is 24.2 Å². The number of nitrogens with zero attached hydrogens (tertiary/aromatic N) is 2. The van der Waals surface area contributed by atoms with Crippen LogP contribution < -0.4 is 9.73 Å². The normalized spacial score (nSPS) is 11.8. The second-order valence-electron chi connectivity index (χ2n) is 7.88. The molecule has 8 heteroatoms.